The van der Waals surface area contributed by atoms with Crippen LogP contribution in [0.5, 0.6) is 0 Å². The van der Waals surface area contributed by atoms with Crippen LogP contribution in [0.3, 0.4) is 0 Å². The molecule has 1 aromatic carbocycles. The summed E-state index contributed by atoms with van der Waals surface area (Å²) in [5, 5.41) is 4.03. The zero-order chi connectivity index (χ0) is 11.5. The summed E-state index contributed by atoms with van der Waals surface area (Å²) in [5.74, 6) is -0.260. The maximum Gasteiger partial charge on any atom is 0.137 e. The van der Waals surface area contributed by atoms with Gasteiger partial charge in [-0.3, -0.25) is 0 Å². The molecule has 2 rings (SSSR count). The Bertz CT molecular complexity index is 438. The van der Waals surface area contributed by atoms with Crippen LogP contribution < -0.4 is 5.73 Å². The number of rotatable bonds is 3. The number of hydrogen-bond donors (Lipinski definition) is 1. The summed E-state index contributed by atoms with van der Waals surface area (Å²) >= 11 is 0. The van der Waals surface area contributed by atoms with Crippen molar-refractivity contribution in [1.29, 1.82) is 0 Å². The van der Waals surface area contributed by atoms with E-state index >= 15 is 0 Å². The fraction of sp³-hybridized carbons (Fsp3) is 0.273. The summed E-state index contributed by atoms with van der Waals surface area (Å²) < 4.78 is 14.4. The van der Waals surface area contributed by atoms with Crippen LogP contribution in [0.4, 0.5) is 4.39 Å². The molecule has 1 heterocycles. The van der Waals surface area contributed by atoms with Crippen molar-refractivity contribution in [2.75, 3.05) is 0 Å². The maximum absolute atomic E-state index is 12.8. The Hall–Kier alpha value is -1.75. The summed E-state index contributed by atoms with van der Waals surface area (Å²) in [4.78, 5) is 3.87. The van der Waals surface area contributed by atoms with Crippen molar-refractivity contribution in [3.63, 3.8) is 0 Å². The first-order valence-electron chi connectivity index (χ1n) is 5.03. The van der Waals surface area contributed by atoms with Crippen molar-refractivity contribution >= 4 is 0 Å². The third-order valence-corrected chi connectivity index (χ3v) is 2.63. The van der Waals surface area contributed by atoms with E-state index in [-0.39, 0.29) is 17.9 Å². The average molecular weight is 220 g/mol. The molecule has 2 N–H and O–H groups in total. The minimum atomic E-state index is -0.260. The molecule has 0 bridgehead atoms. The van der Waals surface area contributed by atoms with Gasteiger partial charge in [0.05, 0.1) is 12.1 Å². The third-order valence-electron chi connectivity index (χ3n) is 2.63. The van der Waals surface area contributed by atoms with Crippen LogP contribution in [0.2, 0.25) is 0 Å². The van der Waals surface area contributed by atoms with Crippen molar-refractivity contribution in [3.8, 4) is 0 Å². The topological polar surface area (TPSA) is 56.7 Å². The standard InChI is InChI=1S/C11H13FN4/c1-8(16-7-14-6-15-16)11(13)9-2-4-10(12)5-3-9/h2-8,11H,13H2,1H3. The van der Waals surface area contributed by atoms with E-state index in [9.17, 15) is 4.39 Å². The van der Waals surface area contributed by atoms with Crippen LogP contribution in [-0.2, 0) is 0 Å². The molecule has 0 aliphatic heterocycles. The zero-order valence-corrected chi connectivity index (χ0v) is 8.92. The van der Waals surface area contributed by atoms with Gasteiger partial charge in [-0.25, -0.2) is 14.1 Å². The molecule has 4 nitrogen and oxygen atoms in total. The fourth-order valence-corrected chi connectivity index (χ4v) is 1.56. The molecular formula is C11H13FN4. The zero-order valence-electron chi connectivity index (χ0n) is 8.92. The monoisotopic (exact) mass is 220 g/mol. The maximum atomic E-state index is 12.8. The lowest BCUT2D eigenvalue weighted by Crippen LogP contribution is -2.22. The van der Waals surface area contributed by atoms with Crippen molar-refractivity contribution in [2.45, 2.75) is 19.0 Å². The summed E-state index contributed by atoms with van der Waals surface area (Å²) in [5.41, 5.74) is 6.95. The lowest BCUT2D eigenvalue weighted by atomic mass is 10.0. The fourth-order valence-electron chi connectivity index (χ4n) is 1.56. The van der Waals surface area contributed by atoms with Gasteiger partial charge >= 0.3 is 0 Å². The van der Waals surface area contributed by atoms with Crippen molar-refractivity contribution in [3.05, 3.63) is 48.3 Å². The molecule has 5 heteroatoms. The Balaban J connectivity index is 2.19. The number of benzene rings is 1. The normalized spacial score (nSPS) is 14.7. The number of nitrogens with zero attached hydrogens (tertiary/aromatic N) is 3. The molecule has 0 spiro atoms. The van der Waals surface area contributed by atoms with Gasteiger partial charge in [-0.05, 0) is 24.6 Å². The Morgan fingerprint density at radius 3 is 2.56 bits per heavy atom. The first-order valence-corrected chi connectivity index (χ1v) is 5.03. The summed E-state index contributed by atoms with van der Waals surface area (Å²) in [7, 11) is 0. The lowest BCUT2D eigenvalue weighted by Gasteiger charge is -2.20. The molecule has 0 saturated heterocycles. The van der Waals surface area contributed by atoms with Crippen LogP contribution >= 0.6 is 0 Å². The molecule has 0 aliphatic carbocycles. The van der Waals surface area contributed by atoms with Gasteiger partial charge in [-0.1, -0.05) is 12.1 Å². The molecule has 0 fully saturated rings. The second-order valence-electron chi connectivity index (χ2n) is 3.69. The van der Waals surface area contributed by atoms with E-state index in [1.54, 1.807) is 23.1 Å². The first-order chi connectivity index (χ1) is 7.68. The summed E-state index contributed by atoms with van der Waals surface area (Å²) in [6.07, 6.45) is 3.09. The second kappa shape index (κ2) is 4.40. The smallest absolute Gasteiger partial charge is 0.137 e. The summed E-state index contributed by atoms with van der Waals surface area (Å²) in [6, 6.07) is 5.93. The molecule has 0 amide bonds. The first kappa shape index (κ1) is 10.8. The number of hydrogen-bond acceptors (Lipinski definition) is 3. The van der Waals surface area contributed by atoms with Gasteiger partial charge in [0.25, 0.3) is 0 Å². The number of halogens is 1. The van der Waals surface area contributed by atoms with Gasteiger partial charge < -0.3 is 5.73 Å². The molecule has 84 valence electrons. The highest BCUT2D eigenvalue weighted by Gasteiger charge is 2.16. The van der Waals surface area contributed by atoms with E-state index in [0.717, 1.165) is 5.56 Å². The minimum Gasteiger partial charge on any atom is -0.322 e. The van der Waals surface area contributed by atoms with Crippen LogP contribution in [0.25, 0.3) is 0 Å². The van der Waals surface area contributed by atoms with E-state index < -0.39 is 0 Å². The van der Waals surface area contributed by atoms with Gasteiger partial charge in [0, 0.05) is 0 Å². The van der Waals surface area contributed by atoms with Gasteiger partial charge in [0.15, 0.2) is 0 Å². The van der Waals surface area contributed by atoms with Crippen LogP contribution in [-0.4, -0.2) is 14.8 Å². The SMILES string of the molecule is CC(C(N)c1ccc(F)cc1)n1cncn1. The Morgan fingerprint density at radius 2 is 2.00 bits per heavy atom. The quantitative estimate of drug-likeness (QED) is 0.856. The Morgan fingerprint density at radius 1 is 1.31 bits per heavy atom. The van der Waals surface area contributed by atoms with Crippen LogP contribution in [0.15, 0.2) is 36.9 Å². The molecule has 0 aliphatic rings. The van der Waals surface area contributed by atoms with E-state index in [0.29, 0.717) is 0 Å². The minimum absolute atomic E-state index is 0.0204. The van der Waals surface area contributed by atoms with Crippen LogP contribution in [0, 0.1) is 5.82 Å². The molecule has 2 atom stereocenters. The summed E-state index contributed by atoms with van der Waals surface area (Å²) in [6.45, 7) is 1.95. The predicted octanol–water partition coefficient (Wildman–Crippen LogP) is 1.68. The van der Waals surface area contributed by atoms with Crippen molar-refractivity contribution in [2.24, 2.45) is 5.73 Å². The van der Waals surface area contributed by atoms with E-state index in [1.165, 1.54) is 18.5 Å². The molecule has 2 aromatic rings. The largest absolute Gasteiger partial charge is 0.322 e. The highest BCUT2D eigenvalue weighted by atomic mass is 19.1. The molecule has 2 unspecified atom stereocenters. The van der Waals surface area contributed by atoms with Gasteiger partial charge in [-0.2, -0.15) is 5.10 Å². The van der Waals surface area contributed by atoms with Gasteiger partial charge in [0.1, 0.15) is 18.5 Å². The van der Waals surface area contributed by atoms with E-state index in [4.69, 9.17) is 5.73 Å². The lowest BCUT2D eigenvalue weighted by molar-refractivity contribution is 0.413. The molecule has 1 aromatic heterocycles. The van der Waals surface area contributed by atoms with Crippen molar-refractivity contribution < 1.29 is 4.39 Å². The van der Waals surface area contributed by atoms with Gasteiger partial charge in [-0.15, -0.1) is 0 Å². The number of aromatic nitrogens is 3. The molecule has 16 heavy (non-hydrogen) atoms. The Labute approximate surface area is 92.9 Å². The third kappa shape index (κ3) is 2.09. The van der Waals surface area contributed by atoms with E-state index in [2.05, 4.69) is 10.1 Å². The van der Waals surface area contributed by atoms with Crippen LogP contribution in [0.1, 0.15) is 24.6 Å². The molecule has 0 saturated carbocycles. The number of nitrogens with two attached hydrogens (primary N) is 1. The highest BCUT2D eigenvalue weighted by molar-refractivity contribution is 5.20. The highest BCUT2D eigenvalue weighted by Crippen LogP contribution is 2.22. The Kier molecular flexibility index (Phi) is 2.96. The van der Waals surface area contributed by atoms with E-state index in [1.807, 2.05) is 6.92 Å². The average Bonchev–Trinajstić information content (AvgIpc) is 2.81. The second-order valence-corrected chi connectivity index (χ2v) is 3.69. The predicted molar refractivity (Wildman–Crippen MR) is 58.1 cm³/mol. The van der Waals surface area contributed by atoms with Crippen molar-refractivity contribution in [1.82, 2.24) is 14.8 Å². The van der Waals surface area contributed by atoms with Gasteiger partial charge in [0.2, 0.25) is 0 Å². The molecule has 0 radical (unpaired) electrons. The molecular weight excluding hydrogens is 207 g/mol.